The number of hydrogen-bond donors (Lipinski definition) is 1. The van der Waals surface area contributed by atoms with Crippen LogP contribution in [0.3, 0.4) is 0 Å². The van der Waals surface area contributed by atoms with Crippen molar-refractivity contribution in [3.05, 3.63) is 40.2 Å². The first-order chi connectivity index (χ1) is 13.0. The number of nitro benzene ring substituents is 1. The Kier molecular flexibility index (Phi) is 6.07. The van der Waals surface area contributed by atoms with Crippen molar-refractivity contribution in [3.8, 4) is 0 Å². The van der Waals surface area contributed by atoms with Crippen molar-refractivity contribution in [3.63, 3.8) is 0 Å². The van der Waals surface area contributed by atoms with Gasteiger partial charge in [-0.25, -0.2) is 0 Å². The third-order valence-corrected chi connectivity index (χ3v) is 5.59. The zero-order valence-electron chi connectivity index (χ0n) is 15.3. The van der Waals surface area contributed by atoms with Crippen molar-refractivity contribution >= 4 is 23.4 Å². The number of aryl methyl sites for hydroxylation is 1. The number of carbonyl (C=O) groups excluding carboxylic acids is 1. The monoisotopic (exact) mass is 390 g/mol. The van der Waals surface area contributed by atoms with E-state index in [2.05, 4.69) is 15.5 Å². The summed E-state index contributed by atoms with van der Waals surface area (Å²) in [6, 6.07) is 4.76. The van der Waals surface area contributed by atoms with Gasteiger partial charge in [-0.3, -0.25) is 14.9 Å². The molecule has 10 heteroatoms. The van der Waals surface area contributed by atoms with Gasteiger partial charge in [0.25, 0.3) is 11.6 Å². The molecule has 0 aliphatic carbocycles. The van der Waals surface area contributed by atoms with Crippen LogP contribution in [0.2, 0.25) is 0 Å². The number of benzene rings is 1. The zero-order valence-corrected chi connectivity index (χ0v) is 16.1. The van der Waals surface area contributed by atoms with E-state index in [1.165, 1.54) is 12.4 Å². The Labute approximate surface area is 161 Å². The number of rotatable bonds is 7. The van der Waals surface area contributed by atoms with Crippen LogP contribution in [0.25, 0.3) is 0 Å². The van der Waals surface area contributed by atoms with Crippen molar-refractivity contribution in [2.24, 2.45) is 7.05 Å². The quantitative estimate of drug-likeness (QED) is 0.570. The third-order valence-electron chi connectivity index (χ3n) is 4.47. The molecule has 2 heterocycles. The molecule has 0 radical (unpaired) electrons. The number of hydrogen-bond acceptors (Lipinski definition) is 7. The van der Waals surface area contributed by atoms with Crippen LogP contribution in [0.5, 0.6) is 0 Å². The number of aromatic nitrogens is 3. The maximum atomic E-state index is 13.0. The molecule has 1 N–H and O–H groups in total. The molecule has 1 saturated heterocycles. The Bertz CT molecular complexity index is 834. The largest absolute Gasteiger partial charge is 0.334 e. The first kappa shape index (κ1) is 19.3. The fourth-order valence-corrected chi connectivity index (χ4v) is 3.95. The lowest BCUT2D eigenvalue weighted by molar-refractivity contribution is -0.387. The molecule has 0 saturated carbocycles. The summed E-state index contributed by atoms with van der Waals surface area (Å²) in [6.07, 6.45) is 3.27. The van der Waals surface area contributed by atoms with E-state index in [4.69, 9.17) is 0 Å². The van der Waals surface area contributed by atoms with Crippen LogP contribution in [0, 0.1) is 10.1 Å². The van der Waals surface area contributed by atoms with Gasteiger partial charge >= 0.3 is 0 Å². The van der Waals surface area contributed by atoms with E-state index in [1.807, 2.05) is 11.8 Å². The molecular formula is C17H22N6O3S. The summed E-state index contributed by atoms with van der Waals surface area (Å²) in [5.41, 5.74) is 0.235. The second kappa shape index (κ2) is 8.49. The van der Waals surface area contributed by atoms with E-state index in [0.29, 0.717) is 22.2 Å². The molecular weight excluding hydrogens is 368 g/mol. The van der Waals surface area contributed by atoms with Crippen molar-refractivity contribution in [1.82, 2.24) is 25.0 Å². The summed E-state index contributed by atoms with van der Waals surface area (Å²) in [7, 11) is 1.77. The molecule has 1 aliphatic rings. The topological polar surface area (TPSA) is 106 Å². The summed E-state index contributed by atoms with van der Waals surface area (Å²) >= 11 is 1.15. The van der Waals surface area contributed by atoms with Gasteiger partial charge in [-0.15, -0.1) is 10.2 Å². The molecule has 1 fully saturated rings. The van der Waals surface area contributed by atoms with Gasteiger partial charge in [0.2, 0.25) is 0 Å². The lowest BCUT2D eigenvalue weighted by Crippen LogP contribution is -2.42. The zero-order chi connectivity index (χ0) is 19.4. The van der Waals surface area contributed by atoms with Gasteiger partial charge in [0.15, 0.2) is 5.16 Å². The van der Waals surface area contributed by atoms with Crippen LogP contribution >= 0.6 is 11.8 Å². The standard InChI is InChI=1S/C17H22N6O3S/c1-3-8-22(13-6-7-18-10-13)16(24)12-4-5-15(14(9-12)23(25)26)27-17-20-19-11-21(17)2/h4-5,9,11,13,18H,3,6-8,10H2,1-2H3. The predicted molar refractivity (Wildman–Crippen MR) is 101 cm³/mol. The van der Waals surface area contributed by atoms with E-state index in [0.717, 1.165) is 37.7 Å². The number of nitro groups is 1. The highest BCUT2D eigenvalue weighted by Gasteiger charge is 2.28. The normalized spacial score (nSPS) is 16.4. The Balaban J connectivity index is 1.89. The Morgan fingerprint density at radius 2 is 2.33 bits per heavy atom. The average Bonchev–Trinajstić information content (AvgIpc) is 3.32. The van der Waals surface area contributed by atoms with E-state index in [-0.39, 0.29) is 17.6 Å². The van der Waals surface area contributed by atoms with Gasteiger partial charge < -0.3 is 14.8 Å². The lowest BCUT2D eigenvalue weighted by atomic mass is 10.1. The number of nitrogens with zero attached hydrogens (tertiary/aromatic N) is 5. The van der Waals surface area contributed by atoms with Crippen molar-refractivity contribution < 1.29 is 9.72 Å². The molecule has 1 unspecified atom stereocenters. The second-order valence-corrected chi connectivity index (χ2v) is 7.42. The molecule has 1 amide bonds. The molecule has 144 valence electrons. The van der Waals surface area contributed by atoms with E-state index in [1.54, 1.807) is 23.7 Å². The molecule has 1 aliphatic heterocycles. The molecule has 1 aromatic carbocycles. The number of amides is 1. The molecule has 1 atom stereocenters. The van der Waals surface area contributed by atoms with Gasteiger partial charge in [0.1, 0.15) is 6.33 Å². The molecule has 3 rings (SSSR count). The average molecular weight is 390 g/mol. The fraction of sp³-hybridized carbons (Fsp3) is 0.471. The molecule has 0 bridgehead atoms. The Hall–Kier alpha value is -2.46. The van der Waals surface area contributed by atoms with Gasteiger partial charge in [-0.1, -0.05) is 6.92 Å². The maximum absolute atomic E-state index is 13.0. The molecule has 9 nitrogen and oxygen atoms in total. The van der Waals surface area contributed by atoms with Crippen molar-refractivity contribution in [2.45, 2.75) is 35.9 Å². The number of carbonyl (C=O) groups is 1. The van der Waals surface area contributed by atoms with Gasteiger partial charge in [-0.05, 0) is 43.3 Å². The van der Waals surface area contributed by atoms with Crippen molar-refractivity contribution in [2.75, 3.05) is 19.6 Å². The summed E-state index contributed by atoms with van der Waals surface area (Å²) in [6.45, 7) is 4.29. The van der Waals surface area contributed by atoms with Gasteiger partial charge in [0.05, 0.1) is 9.82 Å². The summed E-state index contributed by atoms with van der Waals surface area (Å²) in [5, 5.41) is 23.1. The highest BCUT2D eigenvalue weighted by molar-refractivity contribution is 7.99. The minimum Gasteiger partial charge on any atom is -0.334 e. The highest BCUT2D eigenvalue weighted by atomic mass is 32.2. The van der Waals surface area contributed by atoms with Crippen LogP contribution < -0.4 is 5.32 Å². The Morgan fingerprint density at radius 1 is 1.52 bits per heavy atom. The maximum Gasteiger partial charge on any atom is 0.284 e. The van der Waals surface area contributed by atoms with Crippen LogP contribution in [0.1, 0.15) is 30.1 Å². The van der Waals surface area contributed by atoms with E-state index >= 15 is 0 Å². The molecule has 2 aromatic rings. The highest BCUT2D eigenvalue weighted by Crippen LogP contribution is 2.34. The van der Waals surface area contributed by atoms with Crippen LogP contribution in [-0.4, -0.2) is 56.2 Å². The van der Waals surface area contributed by atoms with Gasteiger partial charge in [-0.2, -0.15) is 0 Å². The summed E-state index contributed by atoms with van der Waals surface area (Å²) < 4.78 is 1.68. The second-order valence-electron chi connectivity index (χ2n) is 6.41. The Morgan fingerprint density at radius 3 is 2.93 bits per heavy atom. The molecule has 27 heavy (non-hydrogen) atoms. The van der Waals surface area contributed by atoms with Crippen LogP contribution in [-0.2, 0) is 7.05 Å². The fourth-order valence-electron chi connectivity index (χ4n) is 3.10. The van der Waals surface area contributed by atoms with Crippen molar-refractivity contribution in [1.29, 1.82) is 0 Å². The van der Waals surface area contributed by atoms with Gasteiger partial charge in [0, 0.05) is 37.8 Å². The minimum absolute atomic E-state index is 0.102. The molecule has 1 aromatic heterocycles. The summed E-state index contributed by atoms with van der Waals surface area (Å²) in [5.74, 6) is -0.163. The van der Waals surface area contributed by atoms with E-state index in [9.17, 15) is 14.9 Å². The molecule has 0 spiro atoms. The lowest BCUT2D eigenvalue weighted by Gasteiger charge is -2.28. The smallest absolute Gasteiger partial charge is 0.284 e. The van der Waals surface area contributed by atoms with Crippen LogP contribution in [0.4, 0.5) is 5.69 Å². The first-order valence-electron chi connectivity index (χ1n) is 8.83. The number of nitrogens with one attached hydrogen (secondary N) is 1. The van der Waals surface area contributed by atoms with E-state index < -0.39 is 4.92 Å². The summed E-state index contributed by atoms with van der Waals surface area (Å²) in [4.78, 5) is 26.4. The van der Waals surface area contributed by atoms with Crippen LogP contribution in [0.15, 0.2) is 34.6 Å². The minimum atomic E-state index is -0.462. The predicted octanol–water partition coefficient (Wildman–Crippen LogP) is 2.09. The SMILES string of the molecule is CCCN(C(=O)c1ccc(Sc2nncn2C)c([N+](=O)[O-])c1)C1CCNC1. The third kappa shape index (κ3) is 4.28. The first-order valence-corrected chi connectivity index (χ1v) is 9.65.